The maximum atomic E-state index is 5.67. The van der Waals surface area contributed by atoms with E-state index >= 15 is 0 Å². The third-order valence-electron chi connectivity index (χ3n) is 5.20. The smallest absolute Gasteiger partial charge is 0.161 e. The predicted molar refractivity (Wildman–Crippen MR) is 101 cm³/mol. The Bertz CT molecular complexity index is 788. The number of nitrogens with one attached hydrogen (secondary N) is 1. The number of hydrogen-bond donors (Lipinski definition) is 1. The Morgan fingerprint density at radius 1 is 0.846 bits per heavy atom. The van der Waals surface area contributed by atoms with Crippen molar-refractivity contribution in [1.82, 2.24) is 0 Å². The van der Waals surface area contributed by atoms with Crippen molar-refractivity contribution in [1.29, 1.82) is 0 Å². The zero-order chi connectivity index (χ0) is 18.7. The van der Waals surface area contributed by atoms with Crippen LogP contribution < -0.4 is 23.8 Å². The minimum Gasteiger partial charge on any atom is -0.496 e. The van der Waals surface area contributed by atoms with Crippen LogP contribution in [0.1, 0.15) is 22.3 Å². The van der Waals surface area contributed by atoms with Gasteiger partial charge in [0.15, 0.2) is 11.5 Å². The van der Waals surface area contributed by atoms with E-state index in [0.717, 1.165) is 54.6 Å². The second-order valence-corrected chi connectivity index (χ2v) is 6.66. The lowest BCUT2D eigenvalue weighted by Gasteiger charge is -2.27. The molecule has 0 radical (unpaired) electrons. The van der Waals surface area contributed by atoms with Crippen LogP contribution in [0, 0.1) is 6.92 Å². The largest absolute Gasteiger partial charge is 0.496 e. The minimum absolute atomic E-state index is 0.797. The van der Waals surface area contributed by atoms with Gasteiger partial charge in [0, 0.05) is 23.1 Å². The molecule has 1 aliphatic rings. The fourth-order valence-electron chi connectivity index (χ4n) is 3.82. The summed E-state index contributed by atoms with van der Waals surface area (Å²) in [4.78, 5) is 1.51. The van der Waals surface area contributed by atoms with Gasteiger partial charge in [-0.15, -0.1) is 0 Å². The molecule has 1 atom stereocenters. The third-order valence-corrected chi connectivity index (χ3v) is 5.20. The number of quaternary nitrogens is 1. The molecule has 5 nitrogen and oxygen atoms in total. The summed E-state index contributed by atoms with van der Waals surface area (Å²) in [5.74, 6) is 3.39. The van der Waals surface area contributed by atoms with Crippen LogP contribution in [-0.2, 0) is 19.5 Å². The molecule has 0 aliphatic carbocycles. The van der Waals surface area contributed by atoms with E-state index in [2.05, 4.69) is 18.2 Å². The number of methoxy groups -OCH3 is 4. The second kappa shape index (κ2) is 7.87. The van der Waals surface area contributed by atoms with Crippen LogP contribution >= 0.6 is 0 Å². The number of ether oxygens (including phenoxy) is 4. The van der Waals surface area contributed by atoms with E-state index in [9.17, 15) is 0 Å². The normalized spacial score (nSPS) is 16.0. The van der Waals surface area contributed by atoms with Crippen molar-refractivity contribution in [2.45, 2.75) is 26.4 Å². The quantitative estimate of drug-likeness (QED) is 0.859. The van der Waals surface area contributed by atoms with Gasteiger partial charge in [0.2, 0.25) is 0 Å². The zero-order valence-corrected chi connectivity index (χ0v) is 16.3. The molecule has 0 saturated heterocycles. The van der Waals surface area contributed by atoms with Crippen LogP contribution in [0.15, 0.2) is 24.3 Å². The van der Waals surface area contributed by atoms with Gasteiger partial charge < -0.3 is 23.8 Å². The van der Waals surface area contributed by atoms with Crippen LogP contribution in [0.2, 0.25) is 0 Å². The number of hydrogen-bond acceptors (Lipinski definition) is 4. The summed E-state index contributed by atoms with van der Waals surface area (Å²) in [5, 5.41) is 0. The molecule has 1 N–H and O–H groups in total. The molecule has 2 aromatic rings. The van der Waals surface area contributed by atoms with Gasteiger partial charge in [-0.1, -0.05) is 0 Å². The molecule has 0 amide bonds. The summed E-state index contributed by atoms with van der Waals surface area (Å²) in [5.41, 5.74) is 4.94. The van der Waals surface area contributed by atoms with Crippen molar-refractivity contribution in [3.05, 3.63) is 46.5 Å². The molecule has 1 heterocycles. The molecule has 5 heteroatoms. The van der Waals surface area contributed by atoms with Gasteiger partial charge >= 0.3 is 0 Å². The molecule has 0 aromatic heterocycles. The van der Waals surface area contributed by atoms with Crippen LogP contribution in [0.25, 0.3) is 0 Å². The van der Waals surface area contributed by atoms with Gasteiger partial charge in [-0.25, -0.2) is 0 Å². The summed E-state index contributed by atoms with van der Waals surface area (Å²) in [6.07, 6.45) is 1.03. The summed E-state index contributed by atoms with van der Waals surface area (Å²) < 4.78 is 22.0. The standard InChI is InChI=1S/C21H27NO4/c1-14-18(23-2)7-6-16(21(14)26-5)12-22-9-8-15-10-19(24-3)20(25-4)11-17(15)13-22/h6-7,10-11H,8-9,12-13H2,1-5H3/p+1. The van der Waals surface area contributed by atoms with E-state index in [1.807, 2.05) is 13.0 Å². The first-order valence-electron chi connectivity index (χ1n) is 8.89. The number of rotatable bonds is 6. The van der Waals surface area contributed by atoms with E-state index in [-0.39, 0.29) is 0 Å². The molecule has 1 aliphatic heterocycles. The number of benzene rings is 2. The van der Waals surface area contributed by atoms with Gasteiger partial charge in [0.05, 0.1) is 35.0 Å². The van der Waals surface area contributed by atoms with Gasteiger partial charge in [0.1, 0.15) is 24.6 Å². The van der Waals surface area contributed by atoms with E-state index in [4.69, 9.17) is 18.9 Å². The lowest BCUT2D eigenvalue weighted by molar-refractivity contribution is -0.929. The van der Waals surface area contributed by atoms with Crippen LogP contribution in [0.5, 0.6) is 23.0 Å². The van der Waals surface area contributed by atoms with E-state index in [1.54, 1.807) is 28.4 Å². The van der Waals surface area contributed by atoms with Gasteiger partial charge in [-0.2, -0.15) is 0 Å². The van der Waals surface area contributed by atoms with Crippen molar-refractivity contribution >= 4 is 0 Å². The molecular formula is C21H28NO4+. The Balaban J connectivity index is 1.83. The van der Waals surface area contributed by atoms with E-state index in [1.165, 1.54) is 21.6 Å². The van der Waals surface area contributed by atoms with E-state index < -0.39 is 0 Å². The van der Waals surface area contributed by atoms with Gasteiger partial charge in [0.25, 0.3) is 0 Å². The molecule has 1 unspecified atom stereocenters. The van der Waals surface area contributed by atoms with Gasteiger partial charge in [-0.05, 0) is 36.8 Å². The van der Waals surface area contributed by atoms with Crippen molar-refractivity contribution in [2.75, 3.05) is 35.0 Å². The highest BCUT2D eigenvalue weighted by Gasteiger charge is 2.24. The first-order valence-corrected chi connectivity index (χ1v) is 8.89. The monoisotopic (exact) mass is 358 g/mol. The lowest BCUT2D eigenvalue weighted by Crippen LogP contribution is -3.10. The molecule has 0 saturated carbocycles. The fourth-order valence-corrected chi connectivity index (χ4v) is 3.82. The Morgan fingerprint density at radius 2 is 1.50 bits per heavy atom. The summed E-state index contributed by atoms with van der Waals surface area (Å²) in [6, 6.07) is 8.37. The van der Waals surface area contributed by atoms with E-state index in [0.29, 0.717) is 0 Å². The molecule has 3 rings (SSSR count). The maximum absolute atomic E-state index is 5.67. The highest BCUT2D eigenvalue weighted by Crippen LogP contribution is 2.32. The Labute approximate surface area is 155 Å². The summed E-state index contributed by atoms with van der Waals surface area (Å²) >= 11 is 0. The summed E-state index contributed by atoms with van der Waals surface area (Å²) in [6.45, 7) is 5.00. The maximum Gasteiger partial charge on any atom is 0.161 e. The van der Waals surface area contributed by atoms with Crippen molar-refractivity contribution in [3.63, 3.8) is 0 Å². The SMILES string of the molecule is COc1cc2c(cc1OC)C[NH+](Cc1ccc(OC)c(C)c1OC)CC2. The van der Waals surface area contributed by atoms with Crippen LogP contribution in [-0.4, -0.2) is 35.0 Å². The van der Waals surface area contributed by atoms with Crippen molar-refractivity contribution in [3.8, 4) is 23.0 Å². The molecule has 0 fully saturated rings. The van der Waals surface area contributed by atoms with Crippen molar-refractivity contribution < 1.29 is 23.8 Å². The first kappa shape index (κ1) is 18.4. The Kier molecular flexibility index (Phi) is 5.57. The van der Waals surface area contributed by atoms with Crippen molar-refractivity contribution in [2.24, 2.45) is 0 Å². The topological polar surface area (TPSA) is 41.4 Å². The first-order chi connectivity index (χ1) is 12.6. The molecule has 0 spiro atoms. The highest BCUT2D eigenvalue weighted by atomic mass is 16.5. The minimum atomic E-state index is 0.797. The van der Waals surface area contributed by atoms with Crippen LogP contribution in [0.4, 0.5) is 0 Å². The number of fused-ring (bicyclic) bond motifs is 1. The molecular weight excluding hydrogens is 330 g/mol. The second-order valence-electron chi connectivity index (χ2n) is 6.66. The predicted octanol–water partition coefficient (Wildman–Crippen LogP) is 2.17. The molecule has 0 bridgehead atoms. The Morgan fingerprint density at radius 3 is 2.12 bits per heavy atom. The molecule has 26 heavy (non-hydrogen) atoms. The third kappa shape index (κ3) is 3.44. The fraction of sp³-hybridized carbons (Fsp3) is 0.429. The molecule has 2 aromatic carbocycles. The van der Waals surface area contributed by atoms with Crippen LogP contribution in [0.3, 0.4) is 0 Å². The average Bonchev–Trinajstić information content (AvgIpc) is 2.67. The Hall–Kier alpha value is -2.40. The van der Waals surface area contributed by atoms with Gasteiger partial charge in [-0.3, -0.25) is 0 Å². The molecule has 140 valence electrons. The zero-order valence-electron chi connectivity index (χ0n) is 16.3. The lowest BCUT2D eigenvalue weighted by atomic mass is 9.98. The average molecular weight is 358 g/mol. The highest BCUT2D eigenvalue weighted by molar-refractivity contribution is 5.49. The summed E-state index contributed by atoms with van der Waals surface area (Å²) in [7, 11) is 6.78.